The van der Waals surface area contributed by atoms with E-state index in [4.69, 9.17) is 5.26 Å². The highest BCUT2D eigenvalue weighted by Gasteiger charge is 2.03. The van der Waals surface area contributed by atoms with Gasteiger partial charge >= 0.3 is 0 Å². The average Bonchev–Trinajstić information content (AvgIpc) is 2.76. The van der Waals surface area contributed by atoms with Crippen LogP contribution in [0.4, 0.5) is 0 Å². The first-order chi connectivity index (χ1) is 7.40. The van der Waals surface area contributed by atoms with Gasteiger partial charge in [0.1, 0.15) is 5.01 Å². The zero-order valence-electron chi connectivity index (χ0n) is 8.05. The van der Waals surface area contributed by atoms with Crippen molar-refractivity contribution in [3.8, 4) is 16.6 Å². The fraction of sp³-hybridized carbons (Fsp3) is 0.182. The SMILES string of the molecule is N#CCCc1csc(-c2ccncc2)n1. The Hall–Kier alpha value is -1.73. The summed E-state index contributed by atoms with van der Waals surface area (Å²) in [4.78, 5) is 8.42. The lowest BCUT2D eigenvalue weighted by molar-refractivity contribution is 0.969. The molecule has 0 atom stereocenters. The maximum absolute atomic E-state index is 8.47. The molecule has 74 valence electrons. The van der Waals surface area contributed by atoms with Gasteiger partial charge in [0.15, 0.2) is 0 Å². The number of thiazole rings is 1. The third-order valence-electron chi connectivity index (χ3n) is 1.97. The normalized spacial score (nSPS) is 9.80. The Balaban J connectivity index is 2.18. The molecule has 0 radical (unpaired) electrons. The van der Waals surface area contributed by atoms with Gasteiger partial charge in [0.25, 0.3) is 0 Å². The third kappa shape index (κ3) is 2.39. The van der Waals surface area contributed by atoms with Crippen LogP contribution in [0, 0.1) is 11.3 Å². The van der Waals surface area contributed by atoms with Crippen molar-refractivity contribution in [1.82, 2.24) is 9.97 Å². The molecule has 2 rings (SSSR count). The smallest absolute Gasteiger partial charge is 0.123 e. The van der Waals surface area contributed by atoms with Gasteiger partial charge in [0.2, 0.25) is 0 Å². The van der Waals surface area contributed by atoms with Crippen molar-refractivity contribution in [2.24, 2.45) is 0 Å². The van der Waals surface area contributed by atoms with Gasteiger partial charge in [-0.05, 0) is 12.1 Å². The van der Waals surface area contributed by atoms with Crippen molar-refractivity contribution >= 4 is 11.3 Å². The summed E-state index contributed by atoms with van der Waals surface area (Å²) in [6.45, 7) is 0. The molecular formula is C11H9N3S. The molecule has 0 spiro atoms. The van der Waals surface area contributed by atoms with E-state index in [1.54, 1.807) is 23.7 Å². The standard InChI is InChI=1S/C11H9N3S/c12-5-1-2-10-8-15-11(14-10)9-3-6-13-7-4-9/h3-4,6-8H,1-2H2. The van der Waals surface area contributed by atoms with E-state index in [0.717, 1.165) is 22.7 Å². The van der Waals surface area contributed by atoms with Crippen LogP contribution in [-0.4, -0.2) is 9.97 Å². The van der Waals surface area contributed by atoms with Gasteiger partial charge in [-0.2, -0.15) is 5.26 Å². The summed E-state index contributed by atoms with van der Waals surface area (Å²) in [5.41, 5.74) is 2.08. The molecule has 0 aromatic carbocycles. The Labute approximate surface area is 92.1 Å². The zero-order chi connectivity index (χ0) is 10.5. The first-order valence-electron chi connectivity index (χ1n) is 4.62. The molecule has 0 aliphatic rings. The van der Waals surface area contributed by atoms with Crippen molar-refractivity contribution in [3.63, 3.8) is 0 Å². The summed E-state index contributed by atoms with van der Waals surface area (Å²) < 4.78 is 0. The van der Waals surface area contributed by atoms with Gasteiger partial charge in [0.05, 0.1) is 11.8 Å². The predicted molar refractivity (Wildman–Crippen MR) is 59.3 cm³/mol. The van der Waals surface area contributed by atoms with Crippen LogP contribution >= 0.6 is 11.3 Å². The van der Waals surface area contributed by atoms with E-state index < -0.39 is 0 Å². The fourth-order valence-corrected chi connectivity index (χ4v) is 2.09. The molecule has 0 N–H and O–H groups in total. The number of hydrogen-bond donors (Lipinski definition) is 0. The minimum absolute atomic E-state index is 0.527. The molecule has 0 saturated carbocycles. The zero-order valence-corrected chi connectivity index (χ0v) is 8.87. The number of aromatic nitrogens is 2. The highest BCUT2D eigenvalue weighted by atomic mass is 32.1. The number of aryl methyl sites for hydroxylation is 1. The largest absolute Gasteiger partial charge is 0.265 e. The molecule has 3 nitrogen and oxygen atoms in total. The molecule has 0 saturated heterocycles. The molecule has 0 unspecified atom stereocenters. The van der Waals surface area contributed by atoms with Crippen molar-refractivity contribution in [2.45, 2.75) is 12.8 Å². The molecule has 0 aliphatic carbocycles. The number of nitriles is 1. The van der Waals surface area contributed by atoms with E-state index in [9.17, 15) is 0 Å². The Morgan fingerprint density at radius 3 is 2.87 bits per heavy atom. The number of nitrogens with zero attached hydrogens (tertiary/aromatic N) is 3. The van der Waals surface area contributed by atoms with Gasteiger partial charge < -0.3 is 0 Å². The molecule has 0 amide bonds. The fourth-order valence-electron chi connectivity index (χ4n) is 1.23. The monoisotopic (exact) mass is 215 g/mol. The topological polar surface area (TPSA) is 49.6 Å². The van der Waals surface area contributed by atoms with Gasteiger partial charge in [-0.25, -0.2) is 4.98 Å². The second kappa shape index (κ2) is 4.67. The summed E-state index contributed by atoms with van der Waals surface area (Å²) in [6, 6.07) is 5.99. The van der Waals surface area contributed by atoms with Crippen LogP contribution in [-0.2, 0) is 6.42 Å². The van der Waals surface area contributed by atoms with Gasteiger partial charge in [-0.1, -0.05) is 0 Å². The average molecular weight is 215 g/mol. The van der Waals surface area contributed by atoms with E-state index in [0.29, 0.717) is 6.42 Å². The van der Waals surface area contributed by atoms with Gasteiger partial charge in [0, 0.05) is 36.2 Å². The maximum atomic E-state index is 8.47. The van der Waals surface area contributed by atoms with Gasteiger partial charge in [-0.3, -0.25) is 4.98 Å². The molecule has 0 fully saturated rings. The van der Waals surface area contributed by atoms with Crippen LogP contribution in [0.15, 0.2) is 29.9 Å². The molecule has 0 bridgehead atoms. The van der Waals surface area contributed by atoms with Crippen LogP contribution < -0.4 is 0 Å². The van der Waals surface area contributed by atoms with Crippen LogP contribution in [0.25, 0.3) is 10.6 Å². The highest BCUT2D eigenvalue weighted by Crippen LogP contribution is 2.23. The number of pyridine rings is 1. The molecule has 0 aliphatic heterocycles. The molecule has 2 aromatic heterocycles. The third-order valence-corrected chi connectivity index (χ3v) is 2.91. The second-order valence-corrected chi connectivity index (χ2v) is 3.90. The van der Waals surface area contributed by atoms with Crippen molar-refractivity contribution in [2.75, 3.05) is 0 Å². The first-order valence-corrected chi connectivity index (χ1v) is 5.50. The van der Waals surface area contributed by atoms with Crippen molar-refractivity contribution in [3.05, 3.63) is 35.6 Å². The van der Waals surface area contributed by atoms with Crippen molar-refractivity contribution in [1.29, 1.82) is 5.26 Å². The minimum atomic E-state index is 0.527. The van der Waals surface area contributed by atoms with Crippen molar-refractivity contribution < 1.29 is 0 Å². The molecule has 2 heterocycles. The highest BCUT2D eigenvalue weighted by molar-refractivity contribution is 7.13. The quantitative estimate of drug-likeness (QED) is 0.790. The van der Waals surface area contributed by atoms with Gasteiger partial charge in [-0.15, -0.1) is 11.3 Å². The number of rotatable bonds is 3. The lowest BCUT2D eigenvalue weighted by Gasteiger charge is -1.93. The van der Waals surface area contributed by atoms with E-state index in [1.165, 1.54) is 0 Å². The van der Waals surface area contributed by atoms with Crippen LogP contribution in [0.2, 0.25) is 0 Å². The first kappa shape index (κ1) is 9.81. The summed E-state index contributed by atoms with van der Waals surface area (Å²) in [5.74, 6) is 0. The van der Waals surface area contributed by atoms with Crippen LogP contribution in [0.3, 0.4) is 0 Å². The Morgan fingerprint density at radius 2 is 2.13 bits per heavy atom. The summed E-state index contributed by atoms with van der Waals surface area (Å²) in [5, 5.41) is 11.5. The minimum Gasteiger partial charge on any atom is -0.265 e. The molecular weight excluding hydrogens is 206 g/mol. The second-order valence-electron chi connectivity index (χ2n) is 3.04. The Morgan fingerprint density at radius 1 is 1.33 bits per heavy atom. The molecule has 2 aromatic rings. The van der Waals surface area contributed by atoms with E-state index >= 15 is 0 Å². The molecule has 4 heteroatoms. The summed E-state index contributed by atoms with van der Waals surface area (Å²) in [6.07, 6.45) is 4.77. The molecule has 15 heavy (non-hydrogen) atoms. The van der Waals surface area contributed by atoms with Crippen LogP contribution in [0.1, 0.15) is 12.1 Å². The predicted octanol–water partition coefficient (Wildman–Crippen LogP) is 2.66. The number of hydrogen-bond acceptors (Lipinski definition) is 4. The summed E-state index contributed by atoms with van der Waals surface area (Å²) in [7, 11) is 0. The maximum Gasteiger partial charge on any atom is 0.123 e. The lowest BCUT2D eigenvalue weighted by atomic mass is 10.2. The summed E-state index contributed by atoms with van der Waals surface area (Å²) >= 11 is 1.60. The Kier molecular flexibility index (Phi) is 3.05. The van der Waals surface area contributed by atoms with E-state index in [1.807, 2.05) is 17.5 Å². The lowest BCUT2D eigenvalue weighted by Crippen LogP contribution is -1.84. The van der Waals surface area contributed by atoms with Crippen LogP contribution in [0.5, 0.6) is 0 Å². The van der Waals surface area contributed by atoms with E-state index in [-0.39, 0.29) is 0 Å². The van der Waals surface area contributed by atoms with E-state index in [2.05, 4.69) is 16.0 Å². The Bertz CT molecular complexity index is 470.